The molecule has 0 aliphatic carbocycles. The Bertz CT molecular complexity index is 986. The quantitative estimate of drug-likeness (QED) is 0.191. The number of anilines is 2. The predicted octanol–water partition coefficient (Wildman–Crippen LogP) is 8.56. The normalized spacial score (nSPS) is 9.71. The van der Waals surface area contributed by atoms with Crippen molar-refractivity contribution in [2.24, 2.45) is 5.10 Å². The van der Waals surface area contributed by atoms with E-state index in [1.807, 2.05) is 77.9 Å². The van der Waals surface area contributed by atoms with E-state index in [0.29, 0.717) is 12.5 Å². The molecule has 1 N–H and O–H groups in total. The zero-order chi connectivity index (χ0) is 28.6. The highest BCUT2D eigenvalue weighted by Gasteiger charge is 2.10. The molecule has 0 spiro atoms. The summed E-state index contributed by atoms with van der Waals surface area (Å²) in [6.45, 7) is 21.0. The summed E-state index contributed by atoms with van der Waals surface area (Å²) in [4.78, 5) is 11.4. The molecule has 0 bridgehead atoms. The summed E-state index contributed by atoms with van der Waals surface area (Å²) >= 11 is 0. The minimum absolute atomic E-state index is 0.521. The highest BCUT2D eigenvalue weighted by atomic mass is 16.5. The number of hydrogen-bond donors (Lipinski definition) is 1. The van der Waals surface area contributed by atoms with Gasteiger partial charge in [0.15, 0.2) is 0 Å². The molecule has 0 fully saturated rings. The average molecular weight is 522 g/mol. The number of benzene rings is 1. The Labute approximate surface area is 232 Å². The first-order valence-corrected chi connectivity index (χ1v) is 14.3. The monoisotopic (exact) mass is 521 g/mol. The standard InChI is InChI=1S/C26H33N5O.3C2H6/c1-4-14-31(15-5-2)25-18-24(20-28-30-23-11-8-9-21(3)17-23)29-26(19-25)32-16-12-22-10-6-7-13-27-22;3*1-2/h6-11,13,17-20,30H,4-5,12,14-16H2,1-3H3;3*1-2H3/b28-20+;;;. The van der Waals surface area contributed by atoms with Crippen molar-refractivity contribution in [2.75, 3.05) is 30.0 Å². The minimum Gasteiger partial charge on any atom is -0.477 e. The summed E-state index contributed by atoms with van der Waals surface area (Å²) in [6, 6.07) is 18.1. The summed E-state index contributed by atoms with van der Waals surface area (Å²) in [5.74, 6) is 0.604. The number of hydrazone groups is 1. The molecule has 0 atom stereocenters. The number of aryl methyl sites for hydroxylation is 1. The lowest BCUT2D eigenvalue weighted by atomic mass is 10.2. The van der Waals surface area contributed by atoms with Crippen molar-refractivity contribution in [3.63, 3.8) is 0 Å². The van der Waals surface area contributed by atoms with Gasteiger partial charge in [-0.05, 0) is 55.7 Å². The number of ether oxygens (including phenoxy) is 1. The molecule has 2 aromatic heterocycles. The first-order chi connectivity index (χ1) is 18.7. The molecular formula is C32H51N5O. The van der Waals surface area contributed by atoms with Crippen molar-refractivity contribution in [3.8, 4) is 5.88 Å². The summed E-state index contributed by atoms with van der Waals surface area (Å²) in [6.07, 6.45) is 6.44. The SMILES string of the molecule is CC.CC.CC.CCCN(CCC)c1cc(/C=N/Nc2cccc(C)c2)nc(OCCc2ccccn2)c1. The van der Waals surface area contributed by atoms with Crippen LogP contribution < -0.4 is 15.1 Å². The van der Waals surface area contributed by atoms with Crippen LogP contribution in [-0.4, -0.2) is 35.9 Å². The van der Waals surface area contributed by atoms with Crippen molar-refractivity contribution in [1.82, 2.24) is 9.97 Å². The second kappa shape index (κ2) is 22.8. The molecule has 0 saturated heterocycles. The molecular weight excluding hydrogens is 470 g/mol. The van der Waals surface area contributed by atoms with E-state index in [1.54, 1.807) is 12.4 Å². The number of hydrogen-bond acceptors (Lipinski definition) is 6. The summed E-state index contributed by atoms with van der Waals surface area (Å²) in [5, 5.41) is 4.39. The van der Waals surface area contributed by atoms with E-state index in [0.717, 1.165) is 55.1 Å². The van der Waals surface area contributed by atoms with Gasteiger partial charge in [-0.1, -0.05) is 73.6 Å². The van der Waals surface area contributed by atoms with Crippen LogP contribution in [0.3, 0.4) is 0 Å². The van der Waals surface area contributed by atoms with Gasteiger partial charge in [0.05, 0.1) is 24.2 Å². The van der Waals surface area contributed by atoms with E-state index in [9.17, 15) is 0 Å². The van der Waals surface area contributed by atoms with Crippen LogP contribution in [-0.2, 0) is 6.42 Å². The van der Waals surface area contributed by atoms with Crippen molar-refractivity contribution in [3.05, 3.63) is 77.7 Å². The number of nitrogens with zero attached hydrogens (tertiary/aromatic N) is 4. The topological polar surface area (TPSA) is 62.6 Å². The largest absolute Gasteiger partial charge is 0.477 e. The summed E-state index contributed by atoms with van der Waals surface area (Å²) in [5.41, 5.74) is 8.08. The van der Waals surface area contributed by atoms with Crippen LogP contribution in [0.5, 0.6) is 5.88 Å². The Morgan fingerprint density at radius 3 is 2.21 bits per heavy atom. The Hall–Kier alpha value is -3.41. The fourth-order valence-corrected chi connectivity index (χ4v) is 3.44. The molecule has 0 amide bonds. The lowest BCUT2D eigenvalue weighted by Crippen LogP contribution is -2.25. The first-order valence-electron chi connectivity index (χ1n) is 14.3. The number of aromatic nitrogens is 2. The molecule has 0 aliphatic rings. The van der Waals surface area contributed by atoms with E-state index in [-0.39, 0.29) is 0 Å². The fourth-order valence-electron chi connectivity index (χ4n) is 3.44. The van der Waals surface area contributed by atoms with Gasteiger partial charge in [0.2, 0.25) is 5.88 Å². The van der Waals surface area contributed by atoms with Crippen LogP contribution >= 0.6 is 0 Å². The third-order valence-electron chi connectivity index (χ3n) is 4.90. The van der Waals surface area contributed by atoms with E-state index < -0.39 is 0 Å². The summed E-state index contributed by atoms with van der Waals surface area (Å²) in [7, 11) is 0. The van der Waals surface area contributed by atoms with Gasteiger partial charge in [-0.15, -0.1) is 0 Å². The highest BCUT2D eigenvalue weighted by molar-refractivity contribution is 5.80. The van der Waals surface area contributed by atoms with Crippen LogP contribution in [0.15, 0.2) is 65.9 Å². The number of rotatable bonds is 12. The molecule has 2 heterocycles. The molecule has 6 nitrogen and oxygen atoms in total. The smallest absolute Gasteiger partial charge is 0.215 e. The van der Waals surface area contributed by atoms with E-state index in [2.05, 4.69) is 64.4 Å². The van der Waals surface area contributed by atoms with Gasteiger partial charge in [0, 0.05) is 43.2 Å². The summed E-state index contributed by atoms with van der Waals surface area (Å²) < 4.78 is 6.02. The Morgan fingerprint density at radius 1 is 0.895 bits per heavy atom. The first kappa shape index (κ1) is 34.6. The van der Waals surface area contributed by atoms with Crippen molar-refractivity contribution < 1.29 is 4.74 Å². The third kappa shape index (κ3) is 13.8. The van der Waals surface area contributed by atoms with Crippen molar-refractivity contribution in [2.45, 2.75) is 81.6 Å². The molecule has 0 aliphatic heterocycles. The second-order valence-electron chi connectivity index (χ2n) is 7.73. The van der Waals surface area contributed by atoms with Gasteiger partial charge in [-0.25, -0.2) is 4.98 Å². The van der Waals surface area contributed by atoms with Gasteiger partial charge < -0.3 is 9.64 Å². The Balaban J connectivity index is 0.00000213. The maximum absolute atomic E-state index is 6.02. The van der Waals surface area contributed by atoms with Crippen LogP contribution in [0.1, 0.15) is 85.2 Å². The molecule has 3 aromatic rings. The van der Waals surface area contributed by atoms with E-state index in [1.165, 1.54) is 5.56 Å². The Morgan fingerprint density at radius 2 is 1.61 bits per heavy atom. The zero-order valence-electron chi connectivity index (χ0n) is 25.3. The molecule has 3 rings (SSSR count). The number of pyridine rings is 2. The molecule has 210 valence electrons. The lowest BCUT2D eigenvalue weighted by Gasteiger charge is -2.24. The average Bonchev–Trinajstić information content (AvgIpc) is 2.97. The van der Waals surface area contributed by atoms with Crippen molar-refractivity contribution in [1.29, 1.82) is 0 Å². The predicted molar refractivity (Wildman–Crippen MR) is 167 cm³/mol. The second-order valence-corrected chi connectivity index (χ2v) is 7.73. The third-order valence-corrected chi connectivity index (χ3v) is 4.90. The van der Waals surface area contributed by atoms with Gasteiger partial charge in [0.25, 0.3) is 0 Å². The van der Waals surface area contributed by atoms with Crippen LogP contribution in [0, 0.1) is 6.92 Å². The fraction of sp³-hybridized carbons (Fsp3) is 0.469. The maximum Gasteiger partial charge on any atom is 0.215 e. The molecule has 0 radical (unpaired) electrons. The van der Waals surface area contributed by atoms with E-state index in [4.69, 9.17) is 4.74 Å². The molecule has 1 aromatic carbocycles. The van der Waals surface area contributed by atoms with Crippen LogP contribution in [0.25, 0.3) is 0 Å². The highest BCUT2D eigenvalue weighted by Crippen LogP contribution is 2.22. The zero-order valence-corrected chi connectivity index (χ0v) is 25.3. The van der Waals surface area contributed by atoms with E-state index >= 15 is 0 Å². The maximum atomic E-state index is 6.02. The lowest BCUT2D eigenvalue weighted by molar-refractivity contribution is 0.308. The molecule has 38 heavy (non-hydrogen) atoms. The van der Waals surface area contributed by atoms with Crippen LogP contribution in [0.4, 0.5) is 11.4 Å². The van der Waals surface area contributed by atoms with Gasteiger partial charge in [-0.2, -0.15) is 5.10 Å². The number of nitrogens with one attached hydrogen (secondary N) is 1. The van der Waals surface area contributed by atoms with Crippen LogP contribution in [0.2, 0.25) is 0 Å². The minimum atomic E-state index is 0.521. The molecule has 0 saturated carbocycles. The molecule has 0 unspecified atom stereocenters. The molecule has 6 heteroatoms. The van der Waals surface area contributed by atoms with Gasteiger partial charge in [-0.3, -0.25) is 10.4 Å². The Kier molecular flexibility index (Phi) is 20.7. The van der Waals surface area contributed by atoms with Crippen molar-refractivity contribution >= 4 is 17.6 Å². The van der Waals surface area contributed by atoms with Gasteiger partial charge >= 0.3 is 0 Å². The van der Waals surface area contributed by atoms with Gasteiger partial charge in [0.1, 0.15) is 0 Å².